The molecule has 0 aromatic heterocycles. The Kier molecular flexibility index (Phi) is 4.94. The van der Waals surface area contributed by atoms with Gasteiger partial charge in [0.25, 0.3) is 0 Å². The van der Waals surface area contributed by atoms with Crippen LogP contribution in [0.5, 0.6) is 0 Å². The zero-order valence-electron chi connectivity index (χ0n) is 11.9. The monoisotopic (exact) mass is 256 g/mol. The fourth-order valence-corrected chi connectivity index (χ4v) is 2.74. The molecule has 0 spiro atoms. The lowest BCUT2D eigenvalue weighted by Crippen LogP contribution is -2.29. The summed E-state index contributed by atoms with van der Waals surface area (Å²) in [5.74, 6) is 6.44. The lowest BCUT2D eigenvalue weighted by Gasteiger charge is -2.21. The van der Waals surface area contributed by atoms with E-state index in [2.05, 4.69) is 61.7 Å². The van der Waals surface area contributed by atoms with Crippen molar-refractivity contribution in [3.63, 3.8) is 0 Å². The van der Waals surface area contributed by atoms with Crippen LogP contribution >= 0.6 is 0 Å². The summed E-state index contributed by atoms with van der Waals surface area (Å²) in [6, 6.07) is 15.3. The number of hydrazine groups is 1. The summed E-state index contributed by atoms with van der Waals surface area (Å²) >= 11 is 0. The van der Waals surface area contributed by atoms with E-state index in [0.29, 0.717) is 5.92 Å². The van der Waals surface area contributed by atoms with Gasteiger partial charge >= 0.3 is 0 Å². The van der Waals surface area contributed by atoms with Crippen molar-refractivity contribution in [3.8, 4) is 0 Å². The molecule has 0 saturated heterocycles. The van der Waals surface area contributed by atoms with E-state index in [4.69, 9.17) is 5.84 Å². The van der Waals surface area contributed by atoms with Crippen LogP contribution in [0.1, 0.15) is 44.7 Å². The van der Waals surface area contributed by atoms with Gasteiger partial charge in [-0.1, -0.05) is 63.1 Å². The van der Waals surface area contributed by atoms with Gasteiger partial charge in [0, 0.05) is 6.04 Å². The molecule has 102 valence electrons. The Bertz CT molecular complexity index is 521. The second-order valence-electron chi connectivity index (χ2n) is 5.46. The SMILES string of the molecule is CCCC(C)CC(NN)c1ccc2ccccc2c1. The van der Waals surface area contributed by atoms with Crippen molar-refractivity contribution in [2.75, 3.05) is 0 Å². The van der Waals surface area contributed by atoms with Crippen LogP contribution in [-0.4, -0.2) is 0 Å². The molecule has 0 radical (unpaired) electrons. The minimum absolute atomic E-state index is 0.242. The van der Waals surface area contributed by atoms with E-state index in [-0.39, 0.29) is 6.04 Å². The maximum absolute atomic E-state index is 5.74. The van der Waals surface area contributed by atoms with Gasteiger partial charge < -0.3 is 0 Å². The highest BCUT2D eigenvalue weighted by molar-refractivity contribution is 5.83. The highest BCUT2D eigenvalue weighted by atomic mass is 15.2. The van der Waals surface area contributed by atoms with Crippen LogP contribution in [0.15, 0.2) is 42.5 Å². The lowest BCUT2D eigenvalue weighted by atomic mass is 9.92. The first-order valence-corrected chi connectivity index (χ1v) is 7.19. The summed E-state index contributed by atoms with van der Waals surface area (Å²) in [6.45, 7) is 4.53. The first-order valence-electron chi connectivity index (χ1n) is 7.19. The van der Waals surface area contributed by atoms with E-state index < -0.39 is 0 Å². The molecule has 0 saturated carbocycles. The van der Waals surface area contributed by atoms with Crippen molar-refractivity contribution < 1.29 is 0 Å². The van der Waals surface area contributed by atoms with Crippen molar-refractivity contribution in [3.05, 3.63) is 48.0 Å². The number of nitrogens with one attached hydrogen (secondary N) is 1. The Hall–Kier alpha value is -1.38. The van der Waals surface area contributed by atoms with Crippen molar-refractivity contribution in [1.29, 1.82) is 0 Å². The molecule has 2 unspecified atom stereocenters. The summed E-state index contributed by atoms with van der Waals surface area (Å²) in [4.78, 5) is 0. The third-order valence-electron chi connectivity index (χ3n) is 3.80. The molecule has 0 aliphatic rings. The summed E-state index contributed by atoms with van der Waals surface area (Å²) in [7, 11) is 0. The van der Waals surface area contributed by atoms with Crippen LogP contribution in [-0.2, 0) is 0 Å². The average molecular weight is 256 g/mol. The van der Waals surface area contributed by atoms with E-state index in [1.54, 1.807) is 0 Å². The molecule has 0 aliphatic carbocycles. The molecule has 2 aromatic carbocycles. The van der Waals surface area contributed by atoms with Crippen LogP contribution in [0, 0.1) is 5.92 Å². The van der Waals surface area contributed by atoms with Crippen molar-refractivity contribution in [2.45, 2.75) is 39.2 Å². The Morgan fingerprint density at radius 2 is 1.84 bits per heavy atom. The topological polar surface area (TPSA) is 38.0 Å². The molecular formula is C17H24N2. The van der Waals surface area contributed by atoms with Crippen molar-refractivity contribution >= 4 is 10.8 Å². The number of fused-ring (bicyclic) bond motifs is 1. The average Bonchev–Trinajstić information content (AvgIpc) is 2.44. The Labute approximate surface area is 116 Å². The fraction of sp³-hybridized carbons (Fsp3) is 0.412. The zero-order valence-corrected chi connectivity index (χ0v) is 11.9. The van der Waals surface area contributed by atoms with E-state index in [9.17, 15) is 0 Å². The quantitative estimate of drug-likeness (QED) is 0.601. The van der Waals surface area contributed by atoms with Crippen LogP contribution in [0.4, 0.5) is 0 Å². The number of rotatable bonds is 6. The fourth-order valence-electron chi connectivity index (χ4n) is 2.74. The van der Waals surface area contributed by atoms with Gasteiger partial charge in [-0.05, 0) is 34.7 Å². The summed E-state index contributed by atoms with van der Waals surface area (Å²) in [5, 5.41) is 2.56. The maximum atomic E-state index is 5.74. The van der Waals surface area contributed by atoms with Crippen LogP contribution < -0.4 is 11.3 Å². The number of benzene rings is 2. The molecule has 2 aromatic rings. The molecule has 2 rings (SSSR count). The van der Waals surface area contributed by atoms with Gasteiger partial charge in [-0.15, -0.1) is 0 Å². The maximum Gasteiger partial charge on any atom is 0.0462 e. The standard InChI is InChI=1S/C17H24N2/c1-3-6-13(2)11-17(19-18)16-10-9-14-7-4-5-8-15(14)12-16/h4-5,7-10,12-13,17,19H,3,6,11,18H2,1-2H3. The van der Waals surface area contributed by atoms with Gasteiger partial charge in [0.1, 0.15) is 0 Å². The van der Waals surface area contributed by atoms with Crippen molar-refractivity contribution in [1.82, 2.24) is 5.43 Å². The zero-order chi connectivity index (χ0) is 13.7. The second-order valence-corrected chi connectivity index (χ2v) is 5.46. The van der Waals surface area contributed by atoms with Gasteiger partial charge in [-0.2, -0.15) is 0 Å². The second kappa shape index (κ2) is 6.69. The number of nitrogens with two attached hydrogens (primary N) is 1. The molecule has 0 heterocycles. The lowest BCUT2D eigenvalue weighted by molar-refractivity contribution is 0.395. The molecule has 0 fully saturated rings. The third-order valence-corrected chi connectivity index (χ3v) is 3.80. The molecule has 0 bridgehead atoms. The van der Waals surface area contributed by atoms with E-state index in [0.717, 1.165) is 6.42 Å². The van der Waals surface area contributed by atoms with E-state index >= 15 is 0 Å². The van der Waals surface area contributed by atoms with Gasteiger partial charge in [0.2, 0.25) is 0 Å². The highest BCUT2D eigenvalue weighted by Crippen LogP contribution is 2.26. The molecule has 19 heavy (non-hydrogen) atoms. The van der Waals surface area contributed by atoms with E-state index in [1.807, 2.05) is 0 Å². The number of hydrogen-bond donors (Lipinski definition) is 2. The first kappa shape index (κ1) is 14.0. The molecule has 0 aliphatic heterocycles. The van der Waals surface area contributed by atoms with E-state index in [1.165, 1.54) is 29.2 Å². The Morgan fingerprint density at radius 1 is 1.11 bits per heavy atom. The third kappa shape index (κ3) is 3.55. The summed E-state index contributed by atoms with van der Waals surface area (Å²) in [6.07, 6.45) is 3.57. The molecule has 2 nitrogen and oxygen atoms in total. The normalized spacial score (nSPS) is 14.5. The smallest absolute Gasteiger partial charge is 0.0462 e. The van der Waals surface area contributed by atoms with Crippen LogP contribution in [0.2, 0.25) is 0 Å². The predicted molar refractivity (Wildman–Crippen MR) is 82.7 cm³/mol. The number of hydrogen-bond acceptors (Lipinski definition) is 2. The minimum Gasteiger partial charge on any atom is -0.271 e. The predicted octanol–water partition coefficient (Wildman–Crippen LogP) is 4.17. The molecular weight excluding hydrogens is 232 g/mol. The summed E-state index contributed by atoms with van der Waals surface area (Å²) < 4.78 is 0. The van der Waals surface area contributed by atoms with Gasteiger partial charge in [-0.25, -0.2) is 0 Å². The van der Waals surface area contributed by atoms with Gasteiger partial charge in [0.05, 0.1) is 0 Å². The molecule has 2 atom stereocenters. The molecule has 2 heteroatoms. The van der Waals surface area contributed by atoms with Crippen LogP contribution in [0.25, 0.3) is 10.8 Å². The van der Waals surface area contributed by atoms with Crippen LogP contribution in [0.3, 0.4) is 0 Å². The molecule has 0 amide bonds. The first-order chi connectivity index (χ1) is 9.24. The van der Waals surface area contributed by atoms with Gasteiger partial charge in [-0.3, -0.25) is 11.3 Å². The van der Waals surface area contributed by atoms with Crippen molar-refractivity contribution in [2.24, 2.45) is 11.8 Å². The largest absolute Gasteiger partial charge is 0.271 e. The highest BCUT2D eigenvalue weighted by Gasteiger charge is 2.13. The van der Waals surface area contributed by atoms with Gasteiger partial charge in [0.15, 0.2) is 0 Å². The Morgan fingerprint density at radius 3 is 2.53 bits per heavy atom. The molecule has 3 N–H and O–H groups in total. The Balaban J connectivity index is 2.20. The minimum atomic E-state index is 0.242. The summed E-state index contributed by atoms with van der Waals surface area (Å²) in [5.41, 5.74) is 4.25.